The molecule has 18 rings (SSSR count). The summed E-state index contributed by atoms with van der Waals surface area (Å²) >= 11 is 0. The summed E-state index contributed by atoms with van der Waals surface area (Å²) < 4.78 is 10.00. The van der Waals surface area contributed by atoms with Crippen molar-refractivity contribution in [3.8, 4) is 66.8 Å². The maximum atomic E-state index is 2.53. The van der Waals surface area contributed by atoms with Crippen LogP contribution in [0.15, 0.2) is 291 Å². The zero-order chi connectivity index (χ0) is 99.0. The van der Waals surface area contributed by atoms with Crippen LogP contribution in [0.25, 0.3) is 154 Å². The predicted octanol–water partition coefficient (Wildman–Crippen LogP) is 43.7. The number of rotatable bonds is 6. The number of aromatic nitrogens is 4. The molecule has 0 saturated heterocycles. The Balaban J connectivity index is 0.000000261. The van der Waals surface area contributed by atoms with E-state index in [1.807, 2.05) is 0 Å². The van der Waals surface area contributed by atoms with E-state index in [-0.39, 0.29) is 125 Å². The van der Waals surface area contributed by atoms with Gasteiger partial charge in [0.1, 0.15) is 0 Å². The molecule has 4 aromatic heterocycles. The number of benzene rings is 14. The van der Waals surface area contributed by atoms with Gasteiger partial charge in [-0.1, -0.05) is 420 Å². The van der Waals surface area contributed by atoms with Crippen LogP contribution in [0.5, 0.6) is 0 Å². The van der Waals surface area contributed by atoms with E-state index < -0.39 is 0 Å². The van der Waals surface area contributed by atoms with Gasteiger partial charge in [0.25, 0.3) is 0 Å². The zero-order valence-electron chi connectivity index (χ0n) is 89.5. The Labute approximate surface area is 876 Å². The molecule has 0 aliphatic carbocycles. The highest BCUT2D eigenvalue weighted by molar-refractivity contribution is 6.14. The second-order valence-electron chi connectivity index (χ2n) is 51.4. The summed E-state index contributed by atoms with van der Waals surface area (Å²) in [6.07, 6.45) is 0. The molecular weight excluding hydrogens is 1740 g/mol. The van der Waals surface area contributed by atoms with Gasteiger partial charge in [-0.25, -0.2) is 0 Å². The number of nitrogens with zero attached hydrogens (tertiary/aromatic N) is 4. The van der Waals surface area contributed by atoms with Gasteiger partial charge >= 0.3 is 0 Å². The minimum absolute atomic E-state index is 0. The van der Waals surface area contributed by atoms with Gasteiger partial charge in [0, 0.05) is 109 Å². The lowest BCUT2D eigenvalue weighted by atomic mass is 9.78. The number of hydrogen-bond acceptors (Lipinski definition) is 0. The van der Waals surface area contributed by atoms with Crippen molar-refractivity contribution in [1.29, 1.82) is 0 Å². The lowest BCUT2D eigenvalue weighted by molar-refractivity contribution is 0.423. The van der Waals surface area contributed by atoms with Crippen molar-refractivity contribution in [3.05, 3.63) is 336 Å². The minimum Gasteiger partial charge on any atom is -0.335 e. The number of hydrogen-bond donors (Lipinski definition) is 0. The van der Waals surface area contributed by atoms with E-state index in [0.29, 0.717) is 0 Å². The SMILES string of the molecule is C.C.C.C.C.C.C.C.CC(C)(C)c1cc(-c2ccc3c(c2)c2cc(-c4cc(C(C)(C)C)cc(C(C)(C)C)c4)ccc2n3C(C)(C)C)cc(C(C)(C)C)c1.CC(C)(C)c1ccc(-c2ccc3c(c2)c2cc(-c4ccc(C(C)(C)C)cc4)ccc2n3C(C)(C)C)cc1.CC(C)(C)c1ccc2c(c1)c1cc(C(C)(C)C)ccc1n2C(C)(C)C.CC(C)(C)n1c2ccc(-c3ccccc3)cc2c2cc(-c3ccccc3)ccc21. The molecule has 0 saturated carbocycles. The minimum atomic E-state index is -0.0554. The van der Waals surface area contributed by atoms with Gasteiger partial charge in [0.2, 0.25) is 0 Å². The summed E-state index contributed by atoms with van der Waals surface area (Å²) in [5, 5.41) is 10.7. The first-order valence-electron chi connectivity index (χ1n) is 50.0. The molecule has 4 nitrogen and oxygen atoms in total. The largest absolute Gasteiger partial charge is 0.335 e. The van der Waals surface area contributed by atoms with E-state index in [1.165, 1.54) is 198 Å². The van der Waals surface area contributed by atoms with Crippen molar-refractivity contribution < 1.29 is 0 Å². The third-order valence-corrected chi connectivity index (χ3v) is 27.9. The summed E-state index contributed by atoms with van der Waals surface area (Å²) in [5.74, 6) is 0. The van der Waals surface area contributed by atoms with E-state index in [2.05, 4.69) is 559 Å². The highest BCUT2D eigenvalue weighted by atomic mass is 15.1. The molecule has 0 radical (unpaired) electrons. The van der Waals surface area contributed by atoms with Crippen LogP contribution in [-0.2, 0) is 65.5 Å². The van der Waals surface area contributed by atoms with E-state index in [1.54, 1.807) is 0 Å². The van der Waals surface area contributed by atoms with Crippen LogP contribution in [0.2, 0.25) is 0 Å². The van der Waals surface area contributed by atoms with Crippen LogP contribution in [0.3, 0.4) is 0 Å². The molecule has 4 heterocycles. The molecule has 4 heteroatoms. The standard InChI is InChI=1S/C44H57N.C36H41N.C28H25N.C24H33N.8CH4/c1-40(2,3)32-20-30(21-33(26-32)41(4,5)6)28-16-18-38-36(24-28)37-25-29(17-19-39(37)45(38)44(13,14)15)31-22-34(42(7,8)9)27-35(23-31)43(10,11)12;1-34(2,3)28-16-10-24(11-17-28)26-14-20-32-30(22-26)31-23-27(15-21-33(31)37(32)36(7,8)9)25-12-18-29(19-13-25)35(4,5)6;1-28(2,3)29-26-16-14-22(20-10-6-4-7-11-20)18-24(26)25-19-23(15-17-27(25)29)21-12-8-5-9-13-21;1-22(2,3)16-10-12-20-18(14-16)19-15-17(23(4,5)6)11-13-21(19)25(20)24(7,8)9;;;;;;;;/h16-27H,1-15H3;10-23H,1-9H3;4-19H,1-3H3;10-15H,1-9H3;8*1H4. The molecule has 0 spiro atoms. The molecule has 0 unspecified atom stereocenters. The van der Waals surface area contributed by atoms with Gasteiger partial charge in [-0.15, -0.1) is 0 Å². The Morgan fingerprint density at radius 3 is 0.438 bits per heavy atom. The zero-order valence-corrected chi connectivity index (χ0v) is 89.5. The van der Waals surface area contributed by atoms with Gasteiger partial charge in [-0.05, 0) is 335 Å². The third kappa shape index (κ3) is 24.8. The highest BCUT2D eigenvalue weighted by Crippen LogP contribution is 2.47. The molecule has 144 heavy (non-hydrogen) atoms. The van der Waals surface area contributed by atoms with Crippen molar-refractivity contribution in [2.75, 3.05) is 0 Å². The summed E-state index contributed by atoms with van der Waals surface area (Å²) in [4.78, 5) is 0. The summed E-state index contributed by atoms with van der Waals surface area (Å²) in [6, 6.07) is 110. The molecule has 0 atom stereocenters. The molecule has 0 bridgehead atoms. The van der Waals surface area contributed by atoms with E-state index in [4.69, 9.17) is 0 Å². The maximum Gasteiger partial charge on any atom is 0.0496 e. The third-order valence-electron chi connectivity index (χ3n) is 27.9. The van der Waals surface area contributed by atoms with Gasteiger partial charge in [0.05, 0.1) is 0 Å². The molecule has 768 valence electrons. The summed E-state index contributed by atoms with van der Waals surface area (Å²) in [7, 11) is 0. The van der Waals surface area contributed by atoms with E-state index >= 15 is 0 Å². The smallest absolute Gasteiger partial charge is 0.0496 e. The molecule has 0 amide bonds. The first kappa shape index (κ1) is 119. The Morgan fingerprint density at radius 2 is 0.264 bits per heavy atom. The summed E-state index contributed by atoms with van der Waals surface area (Å²) in [5.41, 5.74) is 37.6. The second-order valence-corrected chi connectivity index (χ2v) is 51.4. The Kier molecular flexibility index (Phi) is 35.4. The maximum absolute atomic E-state index is 2.53. The van der Waals surface area contributed by atoms with E-state index in [9.17, 15) is 0 Å². The van der Waals surface area contributed by atoms with Crippen molar-refractivity contribution in [1.82, 2.24) is 18.3 Å². The molecule has 14 aromatic carbocycles. The Morgan fingerprint density at radius 1 is 0.118 bits per heavy atom. The van der Waals surface area contributed by atoms with Crippen molar-refractivity contribution in [2.24, 2.45) is 0 Å². The Bertz CT molecular complexity index is 6990. The topological polar surface area (TPSA) is 19.7 Å². The second kappa shape index (κ2) is 42.8. The first-order valence-corrected chi connectivity index (χ1v) is 50.0. The average Bonchev–Trinajstić information content (AvgIpc) is 1.58. The van der Waals surface area contributed by atoms with Crippen LogP contribution in [0.4, 0.5) is 0 Å². The van der Waals surface area contributed by atoms with E-state index in [0.717, 1.165) is 0 Å². The van der Waals surface area contributed by atoms with Crippen molar-refractivity contribution >= 4 is 87.2 Å². The fourth-order valence-corrected chi connectivity index (χ4v) is 19.9. The van der Waals surface area contributed by atoms with Gasteiger partial charge in [-0.2, -0.15) is 0 Å². The van der Waals surface area contributed by atoms with Gasteiger partial charge in [-0.3, -0.25) is 0 Å². The lowest BCUT2D eigenvalue weighted by Crippen LogP contribution is -2.21. The molecule has 0 aliphatic heterocycles. The van der Waals surface area contributed by atoms with Gasteiger partial charge in [0.15, 0.2) is 0 Å². The monoisotopic (exact) mass is 1930 g/mol. The Hall–Kier alpha value is -11.7. The van der Waals surface area contributed by atoms with Gasteiger partial charge < -0.3 is 18.3 Å². The quantitative estimate of drug-likeness (QED) is 0.158. The molecule has 0 aliphatic rings. The first-order chi connectivity index (χ1) is 63.0. The van der Waals surface area contributed by atoms with Crippen LogP contribution in [0, 0.1) is 0 Å². The van der Waals surface area contributed by atoms with Crippen molar-refractivity contribution in [3.63, 3.8) is 0 Å². The molecular formula is C140H188N4. The predicted molar refractivity (Wildman–Crippen MR) is 654 cm³/mol. The summed E-state index contributed by atoms with van der Waals surface area (Å²) in [6.45, 7) is 82.7. The van der Waals surface area contributed by atoms with Crippen LogP contribution < -0.4 is 0 Å². The highest BCUT2D eigenvalue weighted by Gasteiger charge is 2.31. The average molecular weight is 1930 g/mol. The fraction of sp³-hybridized carbons (Fsp3) is 0.400. The fourth-order valence-electron chi connectivity index (χ4n) is 19.9. The molecule has 0 fully saturated rings. The van der Waals surface area contributed by atoms with Crippen LogP contribution >= 0.6 is 0 Å². The van der Waals surface area contributed by atoms with Crippen LogP contribution in [0.1, 0.15) is 353 Å². The lowest BCUT2D eigenvalue weighted by Gasteiger charge is -2.26. The van der Waals surface area contributed by atoms with Crippen molar-refractivity contribution in [2.45, 2.75) is 374 Å². The normalized spacial score (nSPS) is 12.4. The molecule has 0 N–H and O–H groups in total. The number of fused-ring (bicyclic) bond motifs is 12. The molecule has 18 aromatic rings. The van der Waals surface area contributed by atoms with Crippen LogP contribution in [-0.4, -0.2) is 18.3 Å².